The summed E-state index contributed by atoms with van der Waals surface area (Å²) >= 11 is 0. The second-order valence-electron chi connectivity index (χ2n) is 9.58. The number of aromatic hydroxyl groups is 1. The van der Waals surface area contributed by atoms with Crippen molar-refractivity contribution in [1.82, 2.24) is 10.6 Å². The fourth-order valence-corrected chi connectivity index (χ4v) is 2.23. The summed E-state index contributed by atoms with van der Waals surface area (Å²) in [6.07, 6.45) is 0. The van der Waals surface area contributed by atoms with Crippen LogP contribution in [0.25, 0.3) is 0 Å². The number of nitrogens with one attached hydrogen (secondary N) is 2. The molecule has 0 bridgehead atoms. The third-order valence-corrected chi connectivity index (χ3v) is 3.44. The van der Waals surface area contributed by atoms with E-state index in [0.717, 1.165) is 5.56 Å². The molecule has 0 spiro atoms. The molecule has 1 aromatic carbocycles. The van der Waals surface area contributed by atoms with E-state index in [1.807, 2.05) is 62.3 Å². The number of amides is 2. The molecule has 0 aromatic heterocycles. The van der Waals surface area contributed by atoms with E-state index in [1.54, 1.807) is 12.1 Å². The van der Waals surface area contributed by atoms with Gasteiger partial charge in [0.1, 0.15) is 5.75 Å². The van der Waals surface area contributed by atoms with Gasteiger partial charge >= 0.3 is 0 Å². The van der Waals surface area contributed by atoms with E-state index in [9.17, 15) is 14.7 Å². The van der Waals surface area contributed by atoms with Crippen molar-refractivity contribution in [3.05, 3.63) is 28.8 Å². The van der Waals surface area contributed by atoms with Crippen LogP contribution in [0, 0.1) is 0 Å². The molecule has 0 saturated heterocycles. The summed E-state index contributed by atoms with van der Waals surface area (Å²) in [4.78, 5) is 25.2. The quantitative estimate of drug-likeness (QED) is 0.762. The second kappa shape index (κ2) is 6.70. The normalized spacial score (nSPS) is 12.7. The van der Waals surface area contributed by atoms with Crippen LogP contribution in [0.5, 0.6) is 5.75 Å². The Balaban J connectivity index is 3.50. The van der Waals surface area contributed by atoms with E-state index in [2.05, 4.69) is 10.6 Å². The van der Waals surface area contributed by atoms with Gasteiger partial charge in [0.05, 0.1) is 11.1 Å². The number of carbonyl (C=O) groups excluding carboxylic acids is 2. The zero-order valence-corrected chi connectivity index (χ0v) is 16.9. The zero-order chi connectivity index (χ0) is 19.8. The van der Waals surface area contributed by atoms with Gasteiger partial charge in [-0.3, -0.25) is 9.59 Å². The number of hydrogen-bond acceptors (Lipinski definition) is 3. The Morgan fingerprint density at radius 2 is 1.08 bits per heavy atom. The molecular formula is C20H32N2O3. The summed E-state index contributed by atoms with van der Waals surface area (Å²) in [6, 6.07) is 3.31. The van der Waals surface area contributed by atoms with Crippen LogP contribution in [0.1, 0.15) is 88.6 Å². The highest BCUT2D eigenvalue weighted by Crippen LogP contribution is 2.31. The van der Waals surface area contributed by atoms with E-state index in [4.69, 9.17) is 0 Å². The molecule has 5 nitrogen and oxygen atoms in total. The molecule has 2 amide bonds. The van der Waals surface area contributed by atoms with E-state index in [-0.39, 0.29) is 22.3 Å². The first-order valence-corrected chi connectivity index (χ1v) is 8.54. The number of benzene rings is 1. The molecule has 3 N–H and O–H groups in total. The molecular weight excluding hydrogens is 316 g/mol. The maximum absolute atomic E-state index is 12.6. The molecule has 140 valence electrons. The minimum absolute atomic E-state index is 0.112. The highest BCUT2D eigenvalue weighted by Gasteiger charge is 2.27. The van der Waals surface area contributed by atoms with Crippen LogP contribution in [0.4, 0.5) is 0 Å². The van der Waals surface area contributed by atoms with Crippen molar-refractivity contribution in [2.24, 2.45) is 0 Å². The van der Waals surface area contributed by atoms with Gasteiger partial charge in [-0.25, -0.2) is 0 Å². The van der Waals surface area contributed by atoms with E-state index < -0.39 is 22.9 Å². The lowest BCUT2D eigenvalue weighted by atomic mass is 9.84. The van der Waals surface area contributed by atoms with Crippen LogP contribution < -0.4 is 10.6 Å². The van der Waals surface area contributed by atoms with Crippen molar-refractivity contribution in [2.45, 2.75) is 78.8 Å². The lowest BCUT2D eigenvalue weighted by molar-refractivity contribution is 0.0915. The SMILES string of the molecule is CC(C)(C)NC(=O)c1cc(C(C)(C)C)cc(C(=O)NC(C)(C)C)c1O. The number of carbonyl (C=O) groups is 2. The predicted octanol–water partition coefficient (Wildman–Crippen LogP) is 3.75. The van der Waals surface area contributed by atoms with Crippen molar-refractivity contribution in [1.29, 1.82) is 0 Å². The second-order valence-corrected chi connectivity index (χ2v) is 9.58. The van der Waals surface area contributed by atoms with Crippen molar-refractivity contribution >= 4 is 11.8 Å². The Morgan fingerprint density at radius 1 is 0.760 bits per heavy atom. The molecule has 0 aliphatic rings. The lowest BCUT2D eigenvalue weighted by Crippen LogP contribution is -2.42. The van der Waals surface area contributed by atoms with Crippen molar-refractivity contribution in [2.75, 3.05) is 0 Å². The highest BCUT2D eigenvalue weighted by atomic mass is 16.3. The number of phenols is 1. The summed E-state index contributed by atoms with van der Waals surface area (Å²) < 4.78 is 0. The van der Waals surface area contributed by atoms with Gasteiger partial charge in [0.25, 0.3) is 11.8 Å². The largest absolute Gasteiger partial charge is 0.506 e. The molecule has 0 atom stereocenters. The summed E-state index contributed by atoms with van der Waals surface area (Å²) in [7, 11) is 0. The molecule has 1 rings (SSSR count). The minimum atomic E-state index is -0.449. The number of rotatable bonds is 2. The van der Waals surface area contributed by atoms with E-state index in [1.165, 1.54) is 0 Å². The highest BCUT2D eigenvalue weighted by molar-refractivity contribution is 6.04. The predicted molar refractivity (Wildman–Crippen MR) is 101 cm³/mol. The van der Waals surface area contributed by atoms with E-state index >= 15 is 0 Å². The Hall–Kier alpha value is -2.04. The fraction of sp³-hybridized carbons (Fsp3) is 0.600. The van der Waals surface area contributed by atoms with Gasteiger partial charge in [0.15, 0.2) is 0 Å². The van der Waals surface area contributed by atoms with Gasteiger partial charge in [0.2, 0.25) is 0 Å². The zero-order valence-electron chi connectivity index (χ0n) is 16.9. The van der Waals surface area contributed by atoms with E-state index in [0.29, 0.717) is 0 Å². The van der Waals surface area contributed by atoms with Gasteiger partial charge in [-0.2, -0.15) is 0 Å². The topological polar surface area (TPSA) is 78.4 Å². The van der Waals surface area contributed by atoms with Crippen LogP contribution >= 0.6 is 0 Å². The lowest BCUT2D eigenvalue weighted by Gasteiger charge is -2.26. The molecule has 0 aliphatic carbocycles. The van der Waals surface area contributed by atoms with Gasteiger partial charge in [0, 0.05) is 11.1 Å². The summed E-state index contributed by atoms with van der Waals surface area (Å²) in [6.45, 7) is 17.2. The number of hydrogen-bond donors (Lipinski definition) is 3. The van der Waals surface area contributed by atoms with Crippen LogP contribution in [-0.2, 0) is 5.41 Å². The Bertz CT molecular complexity index is 623. The third-order valence-electron chi connectivity index (χ3n) is 3.44. The molecule has 5 heteroatoms. The third kappa shape index (κ3) is 6.07. The molecule has 0 unspecified atom stereocenters. The summed E-state index contributed by atoms with van der Waals surface area (Å²) in [5.41, 5.74) is -0.142. The smallest absolute Gasteiger partial charge is 0.255 e. The number of phenolic OH excluding ortho intramolecular Hbond substituents is 1. The monoisotopic (exact) mass is 348 g/mol. The molecule has 0 fully saturated rings. The van der Waals surface area contributed by atoms with Gasteiger partial charge in [-0.1, -0.05) is 20.8 Å². The Labute approximate surface area is 151 Å². The first kappa shape index (κ1) is 21.0. The minimum Gasteiger partial charge on any atom is -0.506 e. The van der Waals surface area contributed by atoms with Crippen LogP contribution in [-0.4, -0.2) is 28.0 Å². The first-order chi connectivity index (χ1) is 11.0. The van der Waals surface area contributed by atoms with Crippen molar-refractivity contribution < 1.29 is 14.7 Å². The van der Waals surface area contributed by atoms with Crippen LogP contribution in [0.2, 0.25) is 0 Å². The average Bonchev–Trinajstić information content (AvgIpc) is 2.32. The van der Waals surface area contributed by atoms with Crippen LogP contribution in [0.3, 0.4) is 0 Å². The summed E-state index contributed by atoms with van der Waals surface area (Å²) in [5, 5.41) is 16.3. The molecule has 0 aliphatic heterocycles. The van der Waals surface area contributed by atoms with Gasteiger partial charge in [-0.05, 0) is 64.7 Å². The molecule has 0 heterocycles. The fourth-order valence-electron chi connectivity index (χ4n) is 2.23. The molecule has 0 radical (unpaired) electrons. The Kier molecular flexibility index (Phi) is 5.62. The standard InChI is InChI=1S/C20H32N2O3/c1-18(2,3)12-10-13(16(24)21-19(4,5)6)15(23)14(11-12)17(25)22-20(7,8)9/h10-11,23H,1-9H3,(H,21,24)(H,22,25). The molecule has 1 aromatic rings. The molecule has 25 heavy (non-hydrogen) atoms. The first-order valence-electron chi connectivity index (χ1n) is 8.54. The van der Waals surface area contributed by atoms with Crippen LogP contribution in [0.15, 0.2) is 12.1 Å². The summed E-state index contributed by atoms with van der Waals surface area (Å²) in [5.74, 6) is -1.10. The maximum Gasteiger partial charge on any atom is 0.255 e. The van der Waals surface area contributed by atoms with Gasteiger partial charge < -0.3 is 15.7 Å². The van der Waals surface area contributed by atoms with Crippen molar-refractivity contribution in [3.8, 4) is 5.75 Å². The maximum atomic E-state index is 12.6. The van der Waals surface area contributed by atoms with Gasteiger partial charge in [-0.15, -0.1) is 0 Å². The Morgan fingerprint density at radius 3 is 1.32 bits per heavy atom. The molecule has 0 saturated carbocycles. The average molecular weight is 348 g/mol. The van der Waals surface area contributed by atoms with Crippen molar-refractivity contribution in [3.63, 3.8) is 0 Å².